The number of aromatic nitrogens is 2. The van der Waals surface area contributed by atoms with Crippen molar-refractivity contribution < 1.29 is 0 Å². The highest BCUT2D eigenvalue weighted by atomic mass is 35.5. The van der Waals surface area contributed by atoms with Crippen LogP contribution in [0.25, 0.3) is 6.08 Å². The van der Waals surface area contributed by atoms with Crippen LogP contribution in [0.1, 0.15) is 11.3 Å². The summed E-state index contributed by atoms with van der Waals surface area (Å²) in [4.78, 5) is 6.92. The molecule has 2 aromatic rings. The molecule has 1 aromatic carbocycles. The summed E-state index contributed by atoms with van der Waals surface area (Å²) >= 11 is 11.9. The van der Waals surface area contributed by atoms with Gasteiger partial charge >= 0.3 is 0 Å². The van der Waals surface area contributed by atoms with Gasteiger partial charge in [0.2, 0.25) is 0 Å². The molecule has 0 unspecified atom stereocenters. The Bertz CT molecular complexity index is 490. The van der Waals surface area contributed by atoms with E-state index in [-0.39, 0.29) is 0 Å². The number of hydrogen-bond donors (Lipinski definition) is 1. The first-order valence-electron chi connectivity index (χ1n) is 4.84. The van der Waals surface area contributed by atoms with E-state index < -0.39 is 0 Å². The fourth-order valence-electron chi connectivity index (χ4n) is 1.36. The van der Waals surface area contributed by atoms with Gasteiger partial charge in [-0.05, 0) is 30.2 Å². The molecule has 0 aliphatic carbocycles. The van der Waals surface area contributed by atoms with Gasteiger partial charge in [-0.3, -0.25) is 0 Å². The third kappa shape index (κ3) is 2.87. The highest BCUT2D eigenvalue weighted by Crippen LogP contribution is 2.21. The molecule has 0 aliphatic heterocycles. The molecule has 2 rings (SSSR count). The van der Waals surface area contributed by atoms with Crippen molar-refractivity contribution in [2.45, 2.75) is 6.42 Å². The van der Waals surface area contributed by atoms with E-state index in [0.717, 1.165) is 17.7 Å². The standard InChI is InChI=1S/C12H10Cl2N2/c13-10-5-4-9(12(14)6-10)2-1-3-11-7-15-8-16-11/h1,3-8H,2H2,(H,15,16)/b3-1+. The second-order valence-electron chi connectivity index (χ2n) is 3.35. The van der Waals surface area contributed by atoms with Gasteiger partial charge in [0.1, 0.15) is 0 Å². The van der Waals surface area contributed by atoms with E-state index in [2.05, 4.69) is 9.97 Å². The number of benzene rings is 1. The minimum absolute atomic E-state index is 0.659. The summed E-state index contributed by atoms with van der Waals surface area (Å²) in [5, 5.41) is 1.35. The molecule has 0 radical (unpaired) electrons. The predicted molar refractivity (Wildman–Crippen MR) is 67.8 cm³/mol. The van der Waals surface area contributed by atoms with E-state index in [9.17, 15) is 0 Å². The van der Waals surface area contributed by atoms with Crippen LogP contribution in [0.15, 0.2) is 36.8 Å². The van der Waals surface area contributed by atoms with Crippen molar-refractivity contribution in [2.75, 3.05) is 0 Å². The largest absolute Gasteiger partial charge is 0.345 e. The van der Waals surface area contributed by atoms with Gasteiger partial charge in [0.05, 0.1) is 18.2 Å². The Labute approximate surface area is 104 Å². The van der Waals surface area contributed by atoms with E-state index in [1.165, 1.54) is 0 Å². The maximum atomic E-state index is 6.05. The quantitative estimate of drug-likeness (QED) is 0.880. The number of allylic oxidation sites excluding steroid dienone is 1. The number of H-pyrrole nitrogens is 1. The zero-order chi connectivity index (χ0) is 11.4. The zero-order valence-electron chi connectivity index (χ0n) is 8.45. The van der Waals surface area contributed by atoms with Gasteiger partial charge < -0.3 is 4.98 Å². The lowest BCUT2D eigenvalue weighted by atomic mass is 10.1. The SMILES string of the molecule is Clc1ccc(C/C=C/c2cnc[nH]2)c(Cl)c1. The van der Waals surface area contributed by atoms with E-state index in [1.54, 1.807) is 18.6 Å². The molecule has 1 aromatic heterocycles. The monoisotopic (exact) mass is 252 g/mol. The molecule has 0 saturated heterocycles. The van der Waals surface area contributed by atoms with Gasteiger partial charge in [0, 0.05) is 10.0 Å². The summed E-state index contributed by atoms with van der Waals surface area (Å²) in [5.74, 6) is 0. The van der Waals surface area contributed by atoms with Gasteiger partial charge in [-0.2, -0.15) is 0 Å². The number of rotatable bonds is 3. The predicted octanol–water partition coefficient (Wildman–Crippen LogP) is 3.97. The van der Waals surface area contributed by atoms with Gasteiger partial charge in [-0.1, -0.05) is 35.3 Å². The smallest absolute Gasteiger partial charge is 0.0924 e. The molecule has 16 heavy (non-hydrogen) atoms. The number of halogens is 2. The van der Waals surface area contributed by atoms with Crippen LogP contribution < -0.4 is 0 Å². The highest BCUT2D eigenvalue weighted by Gasteiger charge is 1.98. The average Bonchev–Trinajstić information content (AvgIpc) is 2.74. The molecular weight excluding hydrogens is 243 g/mol. The number of aromatic amines is 1. The second kappa shape index (κ2) is 5.19. The number of imidazole rings is 1. The van der Waals surface area contributed by atoms with E-state index >= 15 is 0 Å². The number of nitrogens with one attached hydrogen (secondary N) is 1. The molecule has 1 N–H and O–H groups in total. The lowest BCUT2D eigenvalue weighted by Crippen LogP contribution is -1.82. The Hall–Kier alpha value is -1.25. The van der Waals surface area contributed by atoms with E-state index in [4.69, 9.17) is 23.2 Å². The Morgan fingerprint density at radius 2 is 2.19 bits per heavy atom. The topological polar surface area (TPSA) is 28.7 Å². The fraction of sp³-hybridized carbons (Fsp3) is 0.0833. The molecule has 0 aliphatic rings. The first kappa shape index (κ1) is 11.2. The van der Waals surface area contributed by atoms with Crippen LogP contribution in [0.4, 0.5) is 0 Å². The Kier molecular flexibility index (Phi) is 3.65. The van der Waals surface area contributed by atoms with Crippen LogP contribution in [0, 0.1) is 0 Å². The summed E-state index contributed by atoms with van der Waals surface area (Å²) in [5.41, 5.74) is 2.03. The summed E-state index contributed by atoms with van der Waals surface area (Å²) in [6.45, 7) is 0. The van der Waals surface area contributed by atoms with Crippen LogP contribution in [0.2, 0.25) is 10.0 Å². The molecule has 0 saturated carbocycles. The Balaban J connectivity index is 2.05. The van der Waals surface area contributed by atoms with Crippen molar-refractivity contribution in [2.24, 2.45) is 0 Å². The van der Waals surface area contributed by atoms with Crippen molar-refractivity contribution in [3.05, 3.63) is 58.1 Å². The van der Waals surface area contributed by atoms with Crippen molar-refractivity contribution in [1.82, 2.24) is 9.97 Å². The van der Waals surface area contributed by atoms with Gasteiger partial charge in [-0.15, -0.1) is 0 Å². The maximum absolute atomic E-state index is 6.05. The molecule has 82 valence electrons. The van der Waals surface area contributed by atoms with Crippen molar-refractivity contribution >= 4 is 29.3 Å². The van der Waals surface area contributed by atoms with Gasteiger partial charge in [-0.25, -0.2) is 4.98 Å². The molecule has 0 bridgehead atoms. The molecule has 1 heterocycles. The molecular formula is C12H10Cl2N2. The molecule has 2 nitrogen and oxygen atoms in total. The van der Waals surface area contributed by atoms with Gasteiger partial charge in [0.15, 0.2) is 0 Å². The normalized spacial score (nSPS) is 11.1. The first-order chi connectivity index (χ1) is 7.75. The fourth-order valence-corrected chi connectivity index (χ4v) is 1.84. The summed E-state index contributed by atoms with van der Waals surface area (Å²) < 4.78 is 0. The second-order valence-corrected chi connectivity index (χ2v) is 4.19. The van der Waals surface area contributed by atoms with Crippen molar-refractivity contribution in [3.63, 3.8) is 0 Å². The molecule has 0 atom stereocenters. The number of hydrogen-bond acceptors (Lipinski definition) is 1. The van der Waals surface area contributed by atoms with E-state index in [1.807, 2.05) is 24.3 Å². The van der Waals surface area contributed by atoms with E-state index in [0.29, 0.717) is 10.0 Å². The zero-order valence-corrected chi connectivity index (χ0v) is 9.96. The number of nitrogens with zero attached hydrogens (tertiary/aromatic N) is 1. The minimum atomic E-state index is 0.659. The van der Waals surface area contributed by atoms with Crippen LogP contribution >= 0.6 is 23.2 Å². The molecule has 0 fully saturated rings. The summed E-state index contributed by atoms with van der Waals surface area (Å²) in [6.07, 6.45) is 8.19. The minimum Gasteiger partial charge on any atom is -0.345 e. The first-order valence-corrected chi connectivity index (χ1v) is 5.60. The maximum Gasteiger partial charge on any atom is 0.0924 e. The summed E-state index contributed by atoms with van der Waals surface area (Å²) in [7, 11) is 0. The van der Waals surface area contributed by atoms with Crippen LogP contribution in [0.5, 0.6) is 0 Å². The van der Waals surface area contributed by atoms with Crippen LogP contribution in [-0.4, -0.2) is 9.97 Å². The lowest BCUT2D eigenvalue weighted by molar-refractivity contribution is 1.27. The van der Waals surface area contributed by atoms with Crippen LogP contribution in [0.3, 0.4) is 0 Å². The molecule has 4 heteroatoms. The lowest BCUT2D eigenvalue weighted by Gasteiger charge is -2.00. The van der Waals surface area contributed by atoms with Crippen molar-refractivity contribution in [3.8, 4) is 0 Å². The third-order valence-corrected chi connectivity index (χ3v) is 2.76. The Morgan fingerprint density at radius 3 is 2.88 bits per heavy atom. The Morgan fingerprint density at radius 1 is 1.31 bits per heavy atom. The third-order valence-electron chi connectivity index (χ3n) is 2.17. The highest BCUT2D eigenvalue weighted by molar-refractivity contribution is 6.35. The van der Waals surface area contributed by atoms with Gasteiger partial charge in [0.25, 0.3) is 0 Å². The average molecular weight is 253 g/mol. The molecule has 0 amide bonds. The summed E-state index contributed by atoms with van der Waals surface area (Å²) in [6, 6.07) is 5.53. The van der Waals surface area contributed by atoms with Crippen LogP contribution in [-0.2, 0) is 6.42 Å². The van der Waals surface area contributed by atoms with Crippen molar-refractivity contribution in [1.29, 1.82) is 0 Å². The molecule has 0 spiro atoms.